The number of fused-ring (bicyclic) bond motifs is 1. The number of hydrogen-bond acceptors (Lipinski definition) is 6. The molecule has 4 aromatic rings. The molecule has 0 aliphatic carbocycles. The molecule has 0 atom stereocenters. The Balaban J connectivity index is 1.50. The van der Waals surface area contributed by atoms with Crippen molar-refractivity contribution < 1.29 is 9.59 Å². The number of urea groups is 1. The summed E-state index contributed by atoms with van der Waals surface area (Å²) >= 11 is 0. The lowest BCUT2D eigenvalue weighted by Gasteiger charge is -2.15. The van der Waals surface area contributed by atoms with Crippen LogP contribution in [0.5, 0.6) is 0 Å². The molecule has 1 aliphatic rings. The number of carbonyl (C=O) groups excluding carboxylic acids is 2. The van der Waals surface area contributed by atoms with Gasteiger partial charge in [-0.15, -0.1) is 0 Å². The molecule has 0 bridgehead atoms. The van der Waals surface area contributed by atoms with Gasteiger partial charge in [-0.3, -0.25) is 15.1 Å². The number of benzene rings is 1. The van der Waals surface area contributed by atoms with E-state index in [0.717, 1.165) is 40.9 Å². The summed E-state index contributed by atoms with van der Waals surface area (Å²) in [5, 5.41) is 5.40. The molecule has 10 heteroatoms. The second-order valence-corrected chi connectivity index (χ2v) is 8.02. The lowest BCUT2D eigenvalue weighted by atomic mass is 10.0. The second-order valence-electron chi connectivity index (χ2n) is 8.02. The van der Waals surface area contributed by atoms with Crippen molar-refractivity contribution in [3.05, 3.63) is 54.6 Å². The predicted molar refractivity (Wildman–Crippen MR) is 128 cm³/mol. The summed E-state index contributed by atoms with van der Waals surface area (Å²) in [5.41, 5.74) is 4.78. The summed E-state index contributed by atoms with van der Waals surface area (Å²) in [6.45, 7) is 3.66. The van der Waals surface area contributed by atoms with Gasteiger partial charge in [-0.25, -0.2) is 19.7 Å². The predicted octanol–water partition coefficient (Wildman–Crippen LogP) is 3.35. The number of nitrogens with one attached hydrogen (secondary N) is 3. The Morgan fingerprint density at radius 2 is 2.00 bits per heavy atom. The van der Waals surface area contributed by atoms with E-state index < -0.39 is 0 Å². The van der Waals surface area contributed by atoms with E-state index in [0.29, 0.717) is 36.8 Å². The first-order valence-electron chi connectivity index (χ1n) is 11.2. The number of amides is 3. The van der Waals surface area contributed by atoms with Crippen molar-refractivity contribution in [2.24, 2.45) is 0 Å². The van der Waals surface area contributed by atoms with Crippen LogP contribution >= 0.6 is 0 Å². The highest BCUT2D eigenvalue weighted by molar-refractivity contribution is 5.97. The van der Waals surface area contributed by atoms with Crippen molar-refractivity contribution in [3.8, 4) is 22.5 Å². The van der Waals surface area contributed by atoms with Crippen molar-refractivity contribution in [3.63, 3.8) is 0 Å². The summed E-state index contributed by atoms with van der Waals surface area (Å²) in [6.07, 6.45) is 6.68. The third-order valence-corrected chi connectivity index (χ3v) is 5.64. The van der Waals surface area contributed by atoms with Crippen LogP contribution in [0.3, 0.4) is 0 Å². The van der Waals surface area contributed by atoms with Gasteiger partial charge in [0.1, 0.15) is 5.52 Å². The Labute approximate surface area is 195 Å². The van der Waals surface area contributed by atoms with Gasteiger partial charge >= 0.3 is 6.03 Å². The molecule has 0 unspecified atom stereocenters. The normalized spacial score (nSPS) is 13.4. The first kappa shape index (κ1) is 21.5. The molecular weight excluding hydrogens is 432 g/mol. The van der Waals surface area contributed by atoms with E-state index >= 15 is 0 Å². The number of imidazole rings is 1. The molecule has 0 radical (unpaired) electrons. The quantitative estimate of drug-likeness (QED) is 0.408. The highest BCUT2D eigenvalue weighted by atomic mass is 16.2. The topological polar surface area (TPSA) is 129 Å². The number of pyridine rings is 1. The van der Waals surface area contributed by atoms with Gasteiger partial charge in [-0.05, 0) is 43.2 Å². The van der Waals surface area contributed by atoms with Crippen LogP contribution in [0.2, 0.25) is 0 Å². The fourth-order valence-corrected chi connectivity index (χ4v) is 4.02. The maximum atomic E-state index is 12.0. The number of nitrogens with zero attached hydrogens (tertiary/aromatic N) is 5. The zero-order chi connectivity index (χ0) is 23.5. The van der Waals surface area contributed by atoms with Gasteiger partial charge in [0.25, 0.3) is 0 Å². The first-order chi connectivity index (χ1) is 16.6. The van der Waals surface area contributed by atoms with Crippen molar-refractivity contribution in [2.45, 2.75) is 26.3 Å². The average Bonchev–Trinajstić information content (AvgIpc) is 3.44. The minimum atomic E-state index is -0.337. The Kier molecular flexibility index (Phi) is 5.86. The molecule has 1 fully saturated rings. The SMILES string of the molecule is CCNC(=O)Nc1nc2c(-c3ncccn3)cc(-c3ccc(CN4CCCC4=O)nc3)cc2[nH]1. The van der Waals surface area contributed by atoms with Gasteiger partial charge in [-0.1, -0.05) is 6.07 Å². The lowest BCUT2D eigenvalue weighted by Crippen LogP contribution is -2.28. The second kappa shape index (κ2) is 9.26. The molecule has 1 saturated heterocycles. The first-order valence-corrected chi connectivity index (χ1v) is 11.2. The zero-order valence-electron chi connectivity index (χ0n) is 18.7. The maximum absolute atomic E-state index is 12.0. The van der Waals surface area contributed by atoms with Crippen molar-refractivity contribution in [2.75, 3.05) is 18.4 Å². The van der Waals surface area contributed by atoms with Crippen LogP contribution in [-0.4, -0.2) is 54.8 Å². The summed E-state index contributed by atoms with van der Waals surface area (Å²) in [7, 11) is 0. The summed E-state index contributed by atoms with van der Waals surface area (Å²) in [6, 6.07) is 9.27. The monoisotopic (exact) mass is 456 g/mol. The van der Waals surface area contributed by atoms with E-state index in [-0.39, 0.29) is 11.9 Å². The fourth-order valence-electron chi connectivity index (χ4n) is 4.02. The smallest absolute Gasteiger partial charge is 0.321 e. The van der Waals surface area contributed by atoms with Crippen molar-refractivity contribution >= 4 is 28.9 Å². The van der Waals surface area contributed by atoms with Crippen molar-refractivity contribution in [1.29, 1.82) is 0 Å². The molecule has 5 rings (SSSR count). The molecule has 34 heavy (non-hydrogen) atoms. The molecule has 172 valence electrons. The third-order valence-electron chi connectivity index (χ3n) is 5.64. The van der Waals surface area contributed by atoms with Crippen LogP contribution in [0.4, 0.5) is 10.7 Å². The zero-order valence-corrected chi connectivity index (χ0v) is 18.7. The Morgan fingerprint density at radius 1 is 1.15 bits per heavy atom. The van der Waals surface area contributed by atoms with Gasteiger partial charge in [-0.2, -0.15) is 0 Å². The van der Waals surface area contributed by atoms with Crippen LogP contribution in [0, 0.1) is 0 Å². The van der Waals surface area contributed by atoms with E-state index in [1.807, 2.05) is 36.1 Å². The number of H-pyrrole nitrogens is 1. The summed E-state index contributed by atoms with van der Waals surface area (Å²) < 4.78 is 0. The van der Waals surface area contributed by atoms with Crippen LogP contribution < -0.4 is 10.6 Å². The van der Waals surface area contributed by atoms with E-state index in [2.05, 4.69) is 35.6 Å². The molecule has 3 amide bonds. The molecule has 4 heterocycles. The van der Waals surface area contributed by atoms with E-state index in [9.17, 15) is 9.59 Å². The number of aromatic nitrogens is 5. The highest BCUT2D eigenvalue weighted by Crippen LogP contribution is 2.32. The van der Waals surface area contributed by atoms with Crippen LogP contribution in [0.25, 0.3) is 33.5 Å². The number of rotatable bonds is 6. The Hall–Kier alpha value is -4.34. The van der Waals surface area contributed by atoms with E-state index in [1.54, 1.807) is 24.7 Å². The standard InChI is InChI=1S/C24H24N8O2/c1-2-25-24(34)31-23-29-19-12-16(11-18(21(19)30-23)22-26-8-4-9-27-22)15-6-7-17(28-13-15)14-32-10-3-5-20(32)33/h4,6-9,11-13H,2-3,5,10,14H2,1H3,(H3,25,29,30,31,34). The van der Waals surface area contributed by atoms with Gasteiger partial charge in [0.2, 0.25) is 11.9 Å². The lowest BCUT2D eigenvalue weighted by molar-refractivity contribution is -0.128. The molecular formula is C24H24N8O2. The number of likely N-dealkylation sites (tertiary alicyclic amines) is 1. The number of carbonyl (C=O) groups is 2. The van der Waals surface area contributed by atoms with E-state index in [4.69, 9.17) is 0 Å². The van der Waals surface area contributed by atoms with Gasteiger partial charge in [0, 0.05) is 49.2 Å². The summed E-state index contributed by atoms with van der Waals surface area (Å²) in [5.74, 6) is 1.04. The molecule has 0 saturated carbocycles. The molecule has 0 spiro atoms. The highest BCUT2D eigenvalue weighted by Gasteiger charge is 2.20. The van der Waals surface area contributed by atoms with Gasteiger partial charge in [0.15, 0.2) is 5.82 Å². The van der Waals surface area contributed by atoms with Gasteiger partial charge < -0.3 is 15.2 Å². The number of aromatic amines is 1. The van der Waals surface area contributed by atoms with Crippen molar-refractivity contribution in [1.82, 2.24) is 35.1 Å². The van der Waals surface area contributed by atoms with Crippen LogP contribution in [-0.2, 0) is 11.3 Å². The number of hydrogen-bond donors (Lipinski definition) is 3. The number of anilines is 1. The average molecular weight is 457 g/mol. The minimum Gasteiger partial charge on any atom is -0.338 e. The van der Waals surface area contributed by atoms with Crippen LogP contribution in [0.1, 0.15) is 25.5 Å². The van der Waals surface area contributed by atoms with E-state index in [1.165, 1.54) is 0 Å². The summed E-state index contributed by atoms with van der Waals surface area (Å²) in [4.78, 5) is 46.8. The molecule has 1 aliphatic heterocycles. The third kappa shape index (κ3) is 4.42. The molecule has 3 N–H and O–H groups in total. The molecule has 1 aromatic carbocycles. The molecule has 3 aromatic heterocycles. The maximum Gasteiger partial charge on any atom is 0.321 e. The Morgan fingerprint density at radius 3 is 2.71 bits per heavy atom. The van der Waals surface area contributed by atoms with Crippen LogP contribution in [0.15, 0.2) is 48.9 Å². The Bertz CT molecular complexity index is 1330. The largest absolute Gasteiger partial charge is 0.338 e. The minimum absolute atomic E-state index is 0.181. The fraction of sp³-hybridized carbons (Fsp3) is 0.250. The van der Waals surface area contributed by atoms with Gasteiger partial charge in [0.05, 0.1) is 17.8 Å². The molecule has 10 nitrogen and oxygen atoms in total.